The molecule has 1 fully saturated rings. The fourth-order valence-corrected chi connectivity index (χ4v) is 3.31. The van der Waals surface area contributed by atoms with Crippen molar-refractivity contribution in [1.82, 2.24) is 4.90 Å². The van der Waals surface area contributed by atoms with E-state index in [4.69, 9.17) is 16.3 Å². The van der Waals surface area contributed by atoms with E-state index in [1.54, 1.807) is 17.0 Å². The summed E-state index contributed by atoms with van der Waals surface area (Å²) in [4.78, 5) is 25.9. The fourth-order valence-electron chi connectivity index (χ4n) is 2.32. The van der Waals surface area contributed by atoms with Gasteiger partial charge >= 0.3 is 5.97 Å². The van der Waals surface area contributed by atoms with E-state index >= 15 is 0 Å². The molecular formula is C13H16ClNO4S. The number of thiophene rings is 1. The first kappa shape index (κ1) is 15.3. The fraction of sp³-hybridized carbons (Fsp3) is 0.538. The van der Waals surface area contributed by atoms with E-state index in [1.807, 2.05) is 6.92 Å². The summed E-state index contributed by atoms with van der Waals surface area (Å²) in [6, 6.07) is 2.92. The third-order valence-corrected chi connectivity index (χ3v) is 4.50. The van der Waals surface area contributed by atoms with Crippen molar-refractivity contribution in [2.75, 3.05) is 19.8 Å². The van der Waals surface area contributed by atoms with E-state index in [-0.39, 0.29) is 19.1 Å². The van der Waals surface area contributed by atoms with Crippen LogP contribution in [-0.2, 0) is 9.53 Å². The van der Waals surface area contributed by atoms with Crippen LogP contribution in [0.2, 0.25) is 4.34 Å². The quantitative estimate of drug-likeness (QED) is 0.905. The number of carboxylic acid groups (broad SMARTS) is 1. The number of carboxylic acids is 1. The number of rotatable bonds is 5. The van der Waals surface area contributed by atoms with Crippen molar-refractivity contribution in [3.63, 3.8) is 0 Å². The van der Waals surface area contributed by atoms with Crippen LogP contribution in [0.5, 0.6) is 0 Å². The summed E-state index contributed by atoms with van der Waals surface area (Å²) < 4.78 is 5.80. The highest BCUT2D eigenvalue weighted by molar-refractivity contribution is 7.17. The Balaban J connectivity index is 2.22. The number of amides is 1. The summed E-state index contributed by atoms with van der Waals surface area (Å²) in [5.74, 6) is -1.77. The summed E-state index contributed by atoms with van der Waals surface area (Å²) in [5.41, 5.74) is 0. The van der Waals surface area contributed by atoms with E-state index in [2.05, 4.69) is 0 Å². The standard InChI is InChI=1S/C13H16ClNO4S/c1-2-5-15(9-7-19-6-8(9)13(17)18)12(16)10-3-4-11(14)20-10/h3-4,8-9H,2,5-7H2,1H3,(H,17,18). The number of carbonyl (C=O) groups excluding carboxylic acids is 1. The molecule has 1 amide bonds. The third kappa shape index (κ3) is 3.13. The smallest absolute Gasteiger partial charge is 0.311 e. The molecule has 20 heavy (non-hydrogen) atoms. The molecule has 2 atom stereocenters. The zero-order valence-corrected chi connectivity index (χ0v) is 12.6. The summed E-state index contributed by atoms with van der Waals surface area (Å²) in [6.45, 7) is 2.87. The van der Waals surface area contributed by atoms with Gasteiger partial charge in [-0.25, -0.2) is 0 Å². The molecule has 1 aromatic heterocycles. The molecule has 2 rings (SSSR count). The molecule has 0 bridgehead atoms. The van der Waals surface area contributed by atoms with Crippen LogP contribution in [0.3, 0.4) is 0 Å². The average Bonchev–Trinajstić information content (AvgIpc) is 3.03. The first-order valence-corrected chi connectivity index (χ1v) is 7.61. The van der Waals surface area contributed by atoms with Gasteiger partial charge in [0.2, 0.25) is 0 Å². The van der Waals surface area contributed by atoms with E-state index in [1.165, 1.54) is 11.3 Å². The van der Waals surface area contributed by atoms with Crippen molar-refractivity contribution in [3.8, 4) is 0 Å². The van der Waals surface area contributed by atoms with Gasteiger partial charge in [-0.05, 0) is 18.6 Å². The Labute approximate surface area is 126 Å². The van der Waals surface area contributed by atoms with Crippen LogP contribution in [0.1, 0.15) is 23.0 Å². The zero-order valence-electron chi connectivity index (χ0n) is 11.0. The van der Waals surface area contributed by atoms with Crippen LogP contribution in [0.25, 0.3) is 0 Å². The van der Waals surface area contributed by atoms with E-state index in [0.29, 0.717) is 15.8 Å². The van der Waals surface area contributed by atoms with Gasteiger partial charge in [-0.1, -0.05) is 18.5 Å². The normalized spacial score (nSPS) is 21.9. The van der Waals surface area contributed by atoms with Crippen molar-refractivity contribution >= 4 is 34.8 Å². The summed E-state index contributed by atoms with van der Waals surface area (Å²) in [7, 11) is 0. The minimum absolute atomic E-state index is 0.151. The van der Waals surface area contributed by atoms with Crippen molar-refractivity contribution in [2.24, 2.45) is 5.92 Å². The molecule has 0 spiro atoms. The molecule has 0 aliphatic carbocycles. The molecule has 110 valence electrons. The highest BCUT2D eigenvalue weighted by Crippen LogP contribution is 2.27. The lowest BCUT2D eigenvalue weighted by Gasteiger charge is -2.29. The number of carbonyl (C=O) groups is 2. The van der Waals surface area contributed by atoms with Crippen molar-refractivity contribution in [3.05, 3.63) is 21.3 Å². The molecule has 1 aromatic rings. The first-order valence-electron chi connectivity index (χ1n) is 6.41. The topological polar surface area (TPSA) is 66.8 Å². The van der Waals surface area contributed by atoms with Crippen molar-refractivity contribution in [2.45, 2.75) is 19.4 Å². The lowest BCUT2D eigenvalue weighted by Crippen LogP contribution is -2.46. The number of nitrogens with zero attached hydrogens (tertiary/aromatic N) is 1. The monoisotopic (exact) mass is 317 g/mol. The lowest BCUT2D eigenvalue weighted by atomic mass is 10.0. The summed E-state index contributed by atoms with van der Waals surface area (Å²) in [6.07, 6.45) is 0.758. The molecule has 5 nitrogen and oxygen atoms in total. The molecule has 1 saturated heterocycles. The van der Waals surface area contributed by atoms with Gasteiger partial charge < -0.3 is 14.7 Å². The van der Waals surface area contributed by atoms with Gasteiger partial charge in [0.25, 0.3) is 5.91 Å². The molecule has 2 unspecified atom stereocenters. The Morgan fingerprint density at radius 2 is 2.25 bits per heavy atom. The van der Waals surface area contributed by atoms with Crippen LogP contribution in [0.4, 0.5) is 0 Å². The second-order valence-electron chi connectivity index (χ2n) is 4.65. The molecular weight excluding hydrogens is 302 g/mol. The number of halogens is 1. The Morgan fingerprint density at radius 3 is 2.80 bits per heavy atom. The minimum Gasteiger partial charge on any atom is -0.481 e. The Kier molecular flexibility index (Phi) is 5.01. The molecule has 0 radical (unpaired) electrons. The average molecular weight is 318 g/mol. The summed E-state index contributed by atoms with van der Waals surface area (Å²) in [5, 5.41) is 9.22. The van der Waals surface area contributed by atoms with Crippen LogP contribution in [0, 0.1) is 5.92 Å². The predicted octanol–water partition coefficient (Wildman–Crippen LogP) is 2.35. The second-order valence-corrected chi connectivity index (χ2v) is 6.37. The maximum Gasteiger partial charge on any atom is 0.311 e. The molecule has 0 saturated carbocycles. The minimum atomic E-state index is -0.925. The Morgan fingerprint density at radius 1 is 1.50 bits per heavy atom. The maximum atomic E-state index is 12.5. The van der Waals surface area contributed by atoms with E-state index in [0.717, 1.165) is 6.42 Å². The first-order chi connectivity index (χ1) is 9.54. The molecule has 2 heterocycles. The Hall–Kier alpha value is -1.11. The van der Waals surface area contributed by atoms with Gasteiger partial charge in [0, 0.05) is 6.54 Å². The van der Waals surface area contributed by atoms with Gasteiger partial charge in [0.15, 0.2) is 0 Å². The predicted molar refractivity (Wildman–Crippen MR) is 76.4 cm³/mol. The molecule has 1 aliphatic rings. The molecule has 1 N–H and O–H groups in total. The van der Waals surface area contributed by atoms with Gasteiger partial charge in [-0.15, -0.1) is 11.3 Å². The maximum absolute atomic E-state index is 12.5. The third-order valence-electron chi connectivity index (χ3n) is 3.28. The van der Waals surface area contributed by atoms with Crippen molar-refractivity contribution in [1.29, 1.82) is 0 Å². The van der Waals surface area contributed by atoms with Gasteiger partial charge in [0.05, 0.1) is 28.5 Å². The van der Waals surface area contributed by atoms with Crippen LogP contribution in [-0.4, -0.2) is 47.7 Å². The number of ether oxygens (including phenoxy) is 1. The number of hydrogen-bond donors (Lipinski definition) is 1. The van der Waals surface area contributed by atoms with Gasteiger partial charge in [-0.2, -0.15) is 0 Å². The second kappa shape index (κ2) is 6.56. The van der Waals surface area contributed by atoms with Crippen LogP contribution >= 0.6 is 22.9 Å². The van der Waals surface area contributed by atoms with Gasteiger partial charge in [-0.3, -0.25) is 9.59 Å². The SMILES string of the molecule is CCCN(C(=O)c1ccc(Cl)s1)C1COCC1C(=O)O. The largest absolute Gasteiger partial charge is 0.481 e. The van der Waals surface area contributed by atoms with Crippen LogP contribution in [0.15, 0.2) is 12.1 Å². The molecule has 1 aliphatic heterocycles. The van der Waals surface area contributed by atoms with E-state index < -0.39 is 17.9 Å². The van der Waals surface area contributed by atoms with Gasteiger partial charge in [0.1, 0.15) is 5.92 Å². The number of hydrogen-bond acceptors (Lipinski definition) is 4. The van der Waals surface area contributed by atoms with Crippen LogP contribution < -0.4 is 0 Å². The highest BCUT2D eigenvalue weighted by Gasteiger charge is 2.40. The molecule has 7 heteroatoms. The number of aliphatic carboxylic acids is 1. The molecule has 0 aromatic carbocycles. The summed E-state index contributed by atoms with van der Waals surface area (Å²) >= 11 is 7.06. The van der Waals surface area contributed by atoms with Crippen molar-refractivity contribution < 1.29 is 19.4 Å². The van der Waals surface area contributed by atoms with E-state index in [9.17, 15) is 14.7 Å². The lowest BCUT2D eigenvalue weighted by molar-refractivity contribution is -0.142. The Bertz CT molecular complexity index is 504. The zero-order chi connectivity index (χ0) is 14.7. The highest BCUT2D eigenvalue weighted by atomic mass is 35.5.